The van der Waals surface area contributed by atoms with E-state index in [0.717, 1.165) is 0 Å². The molecule has 0 bridgehead atoms. The molecule has 7 nitrogen and oxygen atoms in total. The number of carbonyl (C=O) groups is 2. The Morgan fingerprint density at radius 1 is 1.32 bits per heavy atom. The molecular formula is C12H17N3O4. The molecule has 1 heterocycles. The average molecular weight is 267 g/mol. The molecule has 1 rings (SSSR count). The summed E-state index contributed by atoms with van der Waals surface area (Å²) in [5.41, 5.74) is 0.423. The second kappa shape index (κ2) is 8.17. The summed E-state index contributed by atoms with van der Waals surface area (Å²) in [5.74, 6) is -0.652. The van der Waals surface area contributed by atoms with Gasteiger partial charge in [0.05, 0.1) is 24.8 Å². The molecule has 7 heteroatoms. The normalized spacial score (nSPS) is 10.3. The van der Waals surface area contributed by atoms with Gasteiger partial charge in [0, 0.05) is 25.4 Å². The van der Waals surface area contributed by atoms with E-state index in [2.05, 4.69) is 15.6 Å². The molecule has 0 spiro atoms. The van der Waals surface area contributed by atoms with Gasteiger partial charge in [0.15, 0.2) is 0 Å². The van der Waals surface area contributed by atoms with Crippen LogP contribution in [0.1, 0.15) is 16.8 Å². The van der Waals surface area contributed by atoms with E-state index in [1.807, 2.05) is 0 Å². The number of aromatic nitrogens is 1. The van der Waals surface area contributed by atoms with E-state index < -0.39 is 6.04 Å². The Bertz CT molecular complexity index is 407. The van der Waals surface area contributed by atoms with Gasteiger partial charge in [0.25, 0.3) is 5.91 Å². The summed E-state index contributed by atoms with van der Waals surface area (Å²) in [7, 11) is 0. The predicted molar refractivity (Wildman–Crippen MR) is 67.3 cm³/mol. The monoisotopic (exact) mass is 267 g/mol. The molecule has 0 saturated heterocycles. The number of nitrogens with one attached hydrogen (secondary N) is 2. The van der Waals surface area contributed by atoms with E-state index in [0.29, 0.717) is 5.56 Å². The molecule has 1 aromatic rings. The molecule has 1 aromatic heterocycles. The summed E-state index contributed by atoms with van der Waals surface area (Å²) < 4.78 is 0. The standard InChI is InChI=1S/C12H17N3O4/c16-7-10(8-17)15-11(18)3-5-14-12(19)9-2-1-4-13-6-9/h1-2,4,6,10,16-17H,3,5,7-8H2,(H,14,19)(H,15,18). The number of pyridine rings is 1. The first-order valence-corrected chi connectivity index (χ1v) is 5.86. The van der Waals surface area contributed by atoms with Crippen molar-refractivity contribution in [2.75, 3.05) is 19.8 Å². The number of carbonyl (C=O) groups excluding carboxylic acids is 2. The fraction of sp³-hybridized carbons (Fsp3) is 0.417. The minimum atomic E-state index is -0.665. The van der Waals surface area contributed by atoms with Crippen molar-refractivity contribution in [2.24, 2.45) is 0 Å². The van der Waals surface area contributed by atoms with Gasteiger partial charge in [0.1, 0.15) is 0 Å². The Morgan fingerprint density at radius 3 is 2.63 bits per heavy atom. The van der Waals surface area contributed by atoms with Crippen molar-refractivity contribution in [3.8, 4) is 0 Å². The van der Waals surface area contributed by atoms with E-state index >= 15 is 0 Å². The Hall–Kier alpha value is -1.99. The predicted octanol–water partition coefficient (Wildman–Crippen LogP) is -1.33. The summed E-state index contributed by atoms with van der Waals surface area (Å²) in [4.78, 5) is 26.8. The topological polar surface area (TPSA) is 112 Å². The van der Waals surface area contributed by atoms with E-state index in [-0.39, 0.29) is 38.0 Å². The maximum atomic E-state index is 11.6. The minimum Gasteiger partial charge on any atom is -0.394 e. The first kappa shape index (κ1) is 15.1. The molecule has 0 saturated carbocycles. The van der Waals surface area contributed by atoms with Crippen molar-refractivity contribution in [1.82, 2.24) is 15.6 Å². The van der Waals surface area contributed by atoms with E-state index in [4.69, 9.17) is 10.2 Å². The van der Waals surface area contributed by atoms with Crippen LogP contribution in [0.15, 0.2) is 24.5 Å². The van der Waals surface area contributed by atoms with Crippen LogP contribution in [0.3, 0.4) is 0 Å². The summed E-state index contributed by atoms with van der Waals surface area (Å²) in [6.07, 6.45) is 3.07. The quantitative estimate of drug-likeness (QED) is 0.489. The van der Waals surface area contributed by atoms with Crippen LogP contribution in [0.2, 0.25) is 0 Å². The van der Waals surface area contributed by atoms with Gasteiger partial charge in [-0.25, -0.2) is 0 Å². The number of aliphatic hydroxyl groups is 2. The van der Waals surface area contributed by atoms with Crippen LogP contribution in [-0.2, 0) is 4.79 Å². The molecule has 0 aliphatic carbocycles. The van der Waals surface area contributed by atoms with Crippen LogP contribution >= 0.6 is 0 Å². The summed E-state index contributed by atoms with van der Waals surface area (Å²) in [5, 5.41) is 22.6. The smallest absolute Gasteiger partial charge is 0.252 e. The zero-order valence-corrected chi connectivity index (χ0v) is 10.4. The van der Waals surface area contributed by atoms with Crippen molar-refractivity contribution in [3.63, 3.8) is 0 Å². The first-order chi connectivity index (χ1) is 9.17. The van der Waals surface area contributed by atoms with Gasteiger partial charge in [-0.15, -0.1) is 0 Å². The SMILES string of the molecule is O=C(CCNC(=O)c1cccnc1)NC(CO)CO. The number of hydrogen-bond acceptors (Lipinski definition) is 5. The molecule has 0 aliphatic heterocycles. The third-order valence-corrected chi connectivity index (χ3v) is 2.37. The van der Waals surface area contributed by atoms with Crippen LogP contribution in [0.4, 0.5) is 0 Å². The molecule has 19 heavy (non-hydrogen) atoms. The third-order valence-electron chi connectivity index (χ3n) is 2.37. The van der Waals surface area contributed by atoms with Crippen LogP contribution in [0.25, 0.3) is 0 Å². The maximum Gasteiger partial charge on any atom is 0.252 e. The minimum absolute atomic E-state index is 0.0719. The molecular weight excluding hydrogens is 250 g/mol. The van der Waals surface area contributed by atoms with E-state index in [1.165, 1.54) is 6.20 Å². The first-order valence-electron chi connectivity index (χ1n) is 5.86. The lowest BCUT2D eigenvalue weighted by molar-refractivity contribution is -0.122. The summed E-state index contributed by atoms with van der Waals surface area (Å²) >= 11 is 0. The van der Waals surface area contributed by atoms with Gasteiger partial charge < -0.3 is 20.8 Å². The fourth-order valence-electron chi connectivity index (χ4n) is 1.34. The number of hydrogen-bond donors (Lipinski definition) is 4. The van der Waals surface area contributed by atoms with Gasteiger partial charge in [-0.05, 0) is 12.1 Å². The van der Waals surface area contributed by atoms with Crippen LogP contribution in [0, 0.1) is 0 Å². The van der Waals surface area contributed by atoms with Crippen LogP contribution in [-0.4, -0.2) is 52.8 Å². The largest absolute Gasteiger partial charge is 0.394 e. The highest BCUT2D eigenvalue weighted by Crippen LogP contribution is 1.95. The highest BCUT2D eigenvalue weighted by Gasteiger charge is 2.10. The van der Waals surface area contributed by atoms with E-state index in [9.17, 15) is 9.59 Å². The second-order valence-electron chi connectivity index (χ2n) is 3.88. The summed E-state index contributed by atoms with van der Waals surface area (Å²) in [6, 6.07) is 2.60. The third kappa shape index (κ3) is 5.45. The Balaban J connectivity index is 2.27. The van der Waals surface area contributed by atoms with Gasteiger partial charge in [-0.1, -0.05) is 0 Å². The lowest BCUT2D eigenvalue weighted by Gasteiger charge is -2.13. The Labute approximate surface area is 110 Å². The van der Waals surface area contributed by atoms with Gasteiger partial charge >= 0.3 is 0 Å². The van der Waals surface area contributed by atoms with Crippen molar-refractivity contribution >= 4 is 11.8 Å². The van der Waals surface area contributed by atoms with Gasteiger partial charge in [-0.2, -0.15) is 0 Å². The lowest BCUT2D eigenvalue weighted by Crippen LogP contribution is -2.41. The molecule has 0 atom stereocenters. The van der Waals surface area contributed by atoms with Crippen molar-refractivity contribution < 1.29 is 19.8 Å². The number of aliphatic hydroxyl groups excluding tert-OH is 2. The molecule has 2 amide bonds. The Kier molecular flexibility index (Phi) is 6.48. The molecule has 104 valence electrons. The molecule has 0 radical (unpaired) electrons. The van der Waals surface area contributed by atoms with Crippen molar-refractivity contribution in [2.45, 2.75) is 12.5 Å². The highest BCUT2D eigenvalue weighted by atomic mass is 16.3. The lowest BCUT2D eigenvalue weighted by atomic mass is 10.2. The molecule has 4 N–H and O–H groups in total. The molecule has 0 aliphatic rings. The maximum absolute atomic E-state index is 11.6. The van der Waals surface area contributed by atoms with Gasteiger partial charge in [0.2, 0.25) is 5.91 Å². The Morgan fingerprint density at radius 2 is 2.05 bits per heavy atom. The van der Waals surface area contributed by atoms with E-state index in [1.54, 1.807) is 18.3 Å². The zero-order valence-electron chi connectivity index (χ0n) is 10.4. The number of nitrogens with zero attached hydrogens (tertiary/aromatic N) is 1. The van der Waals surface area contributed by atoms with Crippen molar-refractivity contribution in [3.05, 3.63) is 30.1 Å². The highest BCUT2D eigenvalue weighted by molar-refractivity contribution is 5.94. The second-order valence-corrected chi connectivity index (χ2v) is 3.88. The number of rotatable bonds is 7. The average Bonchev–Trinajstić information content (AvgIpc) is 2.45. The summed E-state index contributed by atoms with van der Waals surface area (Å²) in [6.45, 7) is -0.488. The van der Waals surface area contributed by atoms with Crippen LogP contribution < -0.4 is 10.6 Å². The van der Waals surface area contributed by atoms with Gasteiger partial charge in [-0.3, -0.25) is 14.6 Å². The molecule has 0 fully saturated rings. The molecule has 0 aromatic carbocycles. The zero-order chi connectivity index (χ0) is 14.1. The fourth-order valence-corrected chi connectivity index (χ4v) is 1.34. The molecule has 0 unspecified atom stereocenters. The number of amides is 2. The van der Waals surface area contributed by atoms with Crippen LogP contribution in [0.5, 0.6) is 0 Å². The van der Waals surface area contributed by atoms with Crippen molar-refractivity contribution in [1.29, 1.82) is 0 Å².